The van der Waals surface area contributed by atoms with E-state index in [0.717, 1.165) is 25.4 Å². The first-order valence-electron chi connectivity index (χ1n) is 7.33. The number of nitrogens with zero attached hydrogens (tertiary/aromatic N) is 1. The van der Waals surface area contributed by atoms with Crippen LogP contribution in [-0.4, -0.2) is 30.4 Å². The smallest absolute Gasteiger partial charge is 0.237 e. The first-order valence-corrected chi connectivity index (χ1v) is 7.33. The average molecular weight is 258 g/mol. The lowest BCUT2D eigenvalue weighted by molar-refractivity contribution is -0.132. The van der Waals surface area contributed by atoms with Crippen LogP contribution in [0.15, 0.2) is 24.3 Å². The van der Waals surface area contributed by atoms with Gasteiger partial charge in [-0.25, -0.2) is 0 Å². The van der Waals surface area contributed by atoms with E-state index in [9.17, 15) is 4.79 Å². The topological polar surface area (TPSA) is 32.3 Å². The standard InChI is InChI=1S/C16H22N2O/c1-12-15-5-3-2-4-14(15)8-9-18(12)16(19)11-17-10-13-6-7-13/h2-5,12-13,17H,6-11H2,1H3. The van der Waals surface area contributed by atoms with Gasteiger partial charge in [-0.3, -0.25) is 4.79 Å². The second kappa shape index (κ2) is 5.33. The molecule has 3 heteroatoms. The van der Waals surface area contributed by atoms with Gasteiger partial charge in [0, 0.05) is 6.54 Å². The third-order valence-electron chi connectivity index (χ3n) is 4.32. The Morgan fingerprint density at radius 2 is 2.16 bits per heavy atom. The van der Waals surface area contributed by atoms with Gasteiger partial charge in [0.2, 0.25) is 5.91 Å². The van der Waals surface area contributed by atoms with E-state index in [1.54, 1.807) is 0 Å². The minimum Gasteiger partial charge on any atom is -0.334 e. The first kappa shape index (κ1) is 12.7. The van der Waals surface area contributed by atoms with Gasteiger partial charge in [-0.05, 0) is 49.8 Å². The van der Waals surface area contributed by atoms with Crippen LogP contribution >= 0.6 is 0 Å². The third-order valence-corrected chi connectivity index (χ3v) is 4.32. The average Bonchev–Trinajstić information content (AvgIpc) is 3.23. The fraction of sp³-hybridized carbons (Fsp3) is 0.562. The molecule has 0 radical (unpaired) electrons. The van der Waals surface area contributed by atoms with Gasteiger partial charge in [0.1, 0.15) is 0 Å². The van der Waals surface area contributed by atoms with Crippen LogP contribution < -0.4 is 5.32 Å². The fourth-order valence-electron chi connectivity index (χ4n) is 2.92. The largest absolute Gasteiger partial charge is 0.334 e. The van der Waals surface area contributed by atoms with Gasteiger partial charge < -0.3 is 10.2 Å². The molecule has 1 heterocycles. The van der Waals surface area contributed by atoms with Crippen molar-refractivity contribution in [2.75, 3.05) is 19.6 Å². The van der Waals surface area contributed by atoms with E-state index in [-0.39, 0.29) is 11.9 Å². The molecule has 2 aliphatic rings. The highest BCUT2D eigenvalue weighted by molar-refractivity contribution is 5.79. The number of fused-ring (bicyclic) bond motifs is 1. The quantitative estimate of drug-likeness (QED) is 0.897. The van der Waals surface area contributed by atoms with Crippen LogP contribution in [0, 0.1) is 5.92 Å². The molecule has 1 amide bonds. The molecule has 1 N–H and O–H groups in total. The van der Waals surface area contributed by atoms with Crippen LogP contribution in [0.25, 0.3) is 0 Å². The lowest BCUT2D eigenvalue weighted by atomic mass is 9.93. The Kier molecular flexibility index (Phi) is 3.56. The summed E-state index contributed by atoms with van der Waals surface area (Å²) in [5, 5.41) is 3.30. The van der Waals surface area contributed by atoms with Crippen molar-refractivity contribution in [1.82, 2.24) is 10.2 Å². The van der Waals surface area contributed by atoms with E-state index < -0.39 is 0 Å². The van der Waals surface area contributed by atoms with Crippen LogP contribution in [0.2, 0.25) is 0 Å². The van der Waals surface area contributed by atoms with Crippen LogP contribution in [-0.2, 0) is 11.2 Å². The normalized spacial score (nSPS) is 22.2. The number of rotatable bonds is 4. The summed E-state index contributed by atoms with van der Waals surface area (Å²) >= 11 is 0. The summed E-state index contributed by atoms with van der Waals surface area (Å²) in [5.41, 5.74) is 2.70. The van der Waals surface area contributed by atoms with Gasteiger partial charge in [-0.1, -0.05) is 24.3 Å². The lowest BCUT2D eigenvalue weighted by Crippen LogP contribution is -2.43. The van der Waals surface area contributed by atoms with Crippen molar-refractivity contribution < 1.29 is 4.79 Å². The minimum absolute atomic E-state index is 0.208. The first-order chi connectivity index (χ1) is 9.25. The van der Waals surface area contributed by atoms with Crippen molar-refractivity contribution in [3.63, 3.8) is 0 Å². The predicted molar refractivity (Wildman–Crippen MR) is 75.9 cm³/mol. The van der Waals surface area contributed by atoms with Crippen molar-refractivity contribution in [3.8, 4) is 0 Å². The highest BCUT2D eigenvalue weighted by Crippen LogP contribution is 2.29. The summed E-state index contributed by atoms with van der Waals surface area (Å²) in [6.07, 6.45) is 3.64. The molecule has 1 saturated carbocycles. The SMILES string of the molecule is CC1c2ccccc2CCN1C(=O)CNCC1CC1. The Morgan fingerprint density at radius 3 is 2.95 bits per heavy atom. The van der Waals surface area contributed by atoms with Crippen molar-refractivity contribution >= 4 is 5.91 Å². The molecule has 0 aromatic heterocycles. The molecule has 3 nitrogen and oxygen atoms in total. The molecule has 1 atom stereocenters. The molecule has 1 aromatic carbocycles. The maximum Gasteiger partial charge on any atom is 0.237 e. The minimum atomic E-state index is 0.208. The van der Waals surface area contributed by atoms with Gasteiger partial charge in [0.05, 0.1) is 12.6 Å². The Hall–Kier alpha value is -1.35. The second-order valence-electron chi connectivity index (χ2n) is 5.79. The van der Waals surface area contributed by atoms with Crippen molar-refractivity contribution in [2.45, 2.75) is 32.2 Å². The number of hydrogen-bond acceptors (Lipinski definition) is 2. The van der Waals surface area contributed by atoms with Gasteiger partial charge in [0.25, 0.3) is 0 Å². The molecule has 1 unspecified atom stereocenters. The molecule has 19 heavy (non-hydrogen) atoms. The summed E-state index contributed by atoms with van der Waals surface area (Å²) in [4.78, 5) is 14.3. The zero-order valence-electron chi connectivity index (χ0n) is 11.6. The Morgan fingerprint density at radius 1 is 1.37 bits per heavy atom. The fourth-order valence-corrected chi connectivity index (χ4v) is 2.92. The van der Waals surface area contributed by atoms with Crippen molar-refractivity contribution in [2.24, 2.45) is 5.92 Å². The second-order valence-corrected chi connectivity index (χ2v) is 5.79. The molecular weight excluding hydrogens is 236 g/mol. The number of carbonyl (C=O) groups is 1. The van der Waals surface area contributed by atoms with Gasteiger partial charge in [0.15, 0.2) is 0 Å². The van der Waals surface area contributed by atoms with Gasteiger partial charge >= 0.3 is 0 Å². The molecule has 0 bridgehead atoms. The molecule has 3 rings (SSSR count). The maximum atomic E-state index is 12.3. The van der Waals surface area contributed by atoms with E-state index in [0.29, 0.717) is 6.54 Å². The number of carbonyl (C=O) groups excluding carboxylic acids is 1. The van der Waals surface area contributed by atoms with Crippen LogP contribution in [0.4, 0.5) is 0 Å². The van der Waals surface area contributed by atoms with E-state index >= 15 is 0 Å². The molecule has 1 fully saturated rings. The van der Waals surface area contributed by atoms with Gasteiger partial charge in [-0.15, -0.1) is 0 Å². The zero-order chi connectivity index (χ0) is 13.2. The van der Waals surface area contributed by atoms with Crippen LogP contribution in [0.5, 0.6) is 0 Å². The maximum absolute atomic E-state index is 12.3. The molecule has 102 valence electrons. The monoisotopic (exact) mass is 258 g/mol. The van der Waals surface area contributed by atoms with E-state index in [1.807, 2.05) is 4.90 Å². The summed E-state index contributed by atoms with van der Waals surface area (Å²) in [6, 6.07) is 8.69. The number of hydrogen-bond donors (Lipinski definition) is 1. The number of nitrogens with one attached hydrogen (secondary N) is 1. The summed E-state index contributed by atoms with van der Waals surface area (Å²) < 4.78 is 0. The molecule has 0 spiro atoms. The Labute approximate surface area is 115 Å². The zero-order valence-corrected chi connectivity index (χ0v) is 11.6. The molecule has 1 aromatic rings. The number of benzene rings is 1. The summed E-state index contributed by atoms with van der Waals surface area (Å²) in [6.45, 7) is 4.48. The third kappa shape index (κ3) is 2.81. The lowest BCUT2D eigenvalue weighted by Gasteiger charge is -2.35. The predicted octanol–water partition coefficient (Wildman–Crippen LogP) is 2.13. The van der Waals surface area contributed by atoms with E-state index in [1.165, 1.54) is 24.0 Å². The van der Waals surface area contributed by atoms with Crippen LogP contribution in [0.3, 0.4) is 0 Å². The molecule has 1 aliphatic carbocycles. The molecular formula is C16H22N2O. The van der Waals surface area contributed by atoms with E-state index in [2.05, 4.69) is 36.5 Å². The van der Waals surface area contributed by atoms with E-state index in [4.69, 9.17) is 0 Å². The Balaban J connectivity index is 1.60. The van der Waals surface area contributed by atoms with Crippen LogP contribution in [0.1, 0.15) is 36.9 Å². The highest BCUT2D eigenvalue weighted by Gasteiger charge is 2.27. The molecule has 1 aliphatic heterocycles. The summed E-state index contributed by atoms with van der Waals surface area (Å²) in [7, 11) is 0. The van der Waals surface area contributed by atoms with Gasteiger partial charge in [-0.2, -0.15) is 0 Å². The molecule has 0 saturated heterocycles. The van der Waals surface area contributed by atoms with Crippen molar-refractivity contribution in [3.05, 3.63) is 35.4 Å². The summed E-state index contributed by atoms with van der Waals surface area (Å²) in [5.74, 6) is 1.06. The highest BCUT2D eigenvalue weighted by atomic mass is 16.2. The Bertz CT molecular complexity index is 468. The number of amides is 1. The van der Waals surface area contributed by atoms with Crippen molar-refractivity contribution in [1.29, 1.82) is 0 Å².